The number of alkyl carbamates (subject to hydrolysis) is 1. The van der Waals surface area contributed by atoms with Crippen LogP contribution in [0.25, 0.3) is 0 Å². The Morgan fingerprint density at radius 2 is 2.00 bits per heavy atom. The van der Waals surface area contributed by atoms with Crippen molar-refractivity contribution >= 4 is 6.09 Å². The van der Waals surface area contributed by atoms with Gasteiger partial charge >= 0.3 is 6.09 Å². The Balaban J connectivity index is 2.48. The van der Waals surface area contributed by atoms with Gasteiger partial charge in [-0.1, -0.05) is 12.8 Å². The van der Waals surface area contributed by atoms with Crippen LogP contribution >= 0.6 is 0 Å². The molecule has 0 aromatic rings. The summed E-state index contributed by atoms with van der Waals surface area (Å²) < 4.78 is 4.57. The lowest BCUT2D eigenvalue weighted by Gasteiger charge is -2.36. The lowest BCUT2D eigenvalue weighted by atomic mass is 9.96. The molecule has 0 bridgehead atoms. The van der Waals surface area contributed by atoms with Crippen LogP contribution in [0.15, 0.2) is 0 Å². The molecule has 1 amide bonds. The summed E-state index contributed by atoms with van der Waals surface area (Å²) in [5.74, 6) is 0. The number of carbonyl (C=O) groups excluding carboxylic acids is 1. The third kappa shape index (κ3) is 2.38. The van der Waals surface area contributed by atoms with E-state index in [0.29, 0.717) is 6.54 Å². The summed E-state index contributed by atoms with van der Waals surface area (Å²) in [5.41, 5.74) is 0.147. The second-order valence-corrected chi connectivity index (χ2v) is 4.17. The number of amides is 1. The van der Waals surface area contributed by atoms with Gasteiger partial charge in [-0.15, -0.1) is 0 Å². The molecular formula is C10H20N2O2. The summed E-state index contributed by atoms with van der Waals surface area (Å²) in [6.45, 7) is 0.687. The Kier molecular flexibility index (Phi) is 3.75. The smallest absolute Gasteiger partial charge is 0.406 e. The quantitative estimate of drug-likeness (QED) is 0.744. The summed E-state index contributed by atoms with van der Waals surface area (Å²) in [7, 11) is 5.54. The standard InChI is InChI=1S/C10H20N2O2/c1-12(2)10(6-4-5-7-10)8-11-9(13)14-3/h4-8H2,1-3H3,(H,11,13). The van der Waals surface area contributed by atoms with Gasteiger partial charge in [0, 0.05) is 12.1 Å². The fourth-order valence-electron chi connectivity index (χ4n) is 2.12. The Morgan fingerprint density at radius 3 is 2.43 bits per heavy atom. The van der Waals surface area contributed by atoms with Gasteiger partial charge in [0.05, 0.1) is 7.11 Å². The molecule has 0 aromatic heterocycles. The molecule has 1 aliphatic carbocycles. The van der Waals surface area contributed by atoms with Gasteiger partial charge in [-0.25, -0.2) is 4.79 Å². The van der Waals surface area contributed by atoms with E-state index in [4.69, 9.17) is 0 Å². The molecule has 1 N–H and O–H groups in total. The Bertz CT molecular complexity index is 198. The number of likely N-dealkylation sites (N-methyl/N-ethyl adjacent to an activating group) is 1. The molecule has 14 heavy (non-hydrogen) atoms. The number of ether oxygens (including phenoxy) is 1. The van der Waals surface area contributed by atoms with Crippen molar-refractivity contribution in [3.8, 4) is 0 Å². The molecule has 1 saturated carbocycles. The van der Waals surface area contributed by atoms with Crippen LogP contribution in [0.4, 0.5) is 4.79 Å². The van der Waals surface area contributed by atoms with E-state index in [9.17, 15) is 4.79 Å². The summed E-state index contributed by atoms with van der Waals surface area (Å²) in [6.07, 6.45) is 4.48. The minimum absolute atomic E-state index is 0.147. The van der Waals surface area contributed by atoms with Crippen LogP contribution in [0.3, 0.4) is 0 Å². The molecule has 0 heterocycles. The number of hydrogen-bond acceptors (Lipinski definition) is 3. The first kappa shape index (κ1) is 11.3. The van der Waals surface area contributed by atoms with Gasteiger partial charge in [0.25, 0.3) is 0 Å². The van der Waals surface area contributed by atoms with Crippen LogP contribution in [0, 0.1) is 0 Å². The summed E-state index contributed by atoms with van der Waals surface area (Å²) in [6, 6.07) is 0. The Labute approximate surface area is 85.6 Å². The van der Waals surface area contributed by atoms with Crippen molar-refractivity contribution in [3.63, 3.8) is 0 Å². The summed E-state index contributed by atoms with van der Waals surface area (Å²) in [5, 5.41) is 2.79. The number of nitrogens with zero attached hydrogens (tertiary/aromatic N) is 1. The van der Waals surface area contributed by atoms with E-state index >= 15 is 0 Å². The fraction of sp³-hybridized carbons (Fsp3) is 0.900. The van der Waals surface area contributed by atoms with Crippen LogP contribution in [-0.4, -0.2) is 44.3 Å². The van der Waals surface area contributed by atoms with Crippen molar-refractivity contribution < 1.29 is 9.53 Å². The van der Waals surface area contributed by atoms with Crippen LogP contribution in [0.2, 0.25) is 0 Å². The van der Waals surface area contributed by atoms with Crippen LogP contribution in [0.1, 0.15) is 25.7 Å². The topological polar surface area (TPSA) is 41.6 Å². The van der Waals surface area contributed by atoms with Gasteiger partial charge in [-0.05, 0) is 26.9 Å². The molecule has 1 rings (SSSR count). The van der Waals surface area contributed by atoms with Gasteiger partial charge in [-0.3, -0.25) is 0 Å². The molecule has 1 fully saturated rings. The maximum atomic E-state index is 11.0. The Morgan fingerprint density at radius 1 is 1.43 bits per heavy atom. The highest BCUT2D eigenvalue weighted by Gasteiger charge is 2.36. The molecule has 0 aliphatic heterocycles. The van der Waals surface area contributed by atoms with Crippen molar-refractivity contribution in [1.29, 1.82) is 0 Å². The normalized spacial score (nSPS) is 19.7. The lowest BCUT2D eigenvalue weighted by Crippen LogP contribution is -2.50. The highest BCUT2D eigenvalue weighted by atomic mass is 16.5. The minimum atomic E-state index is -0.335. The highest BCUT2D eigenvalue weighted by molar-refractivity contribution is 5.67. The average Bonchev–Trinajstić information content (AvgIpc) is 2.64. The maximum absolute atomic E-state index is 11.0. The SMILES string of the molecule is COC(=O)NCC1(N(C)C)CCCC1. The molecule has 0 spiro atoms. The van der Waals surface area contributed by atoms with Gasteiger partial charge < -0.3 is 15.0 Å². The predicted octanol–water partition coefficient (Wildman–Crippen LogP) is 1.22. The second kappa shape index (κ2) is 4.64. The van der Waals surface area contributed by atoms with E-state index in [1.165, 1.54) is 20.0 Å². The lowest BCUT2D eigenvalue weighted by molar-refractivity contribution is 0.136. The van der Waals surface area contributed by atoms with Crippen LogP contribution in [-0.2, 0) is 4.74 Å². The monoisotopic (exact) mass is 200 g/mol. The number of rotatable bonds is 3. The third-order valence-corrected chi connectivity index (χ3v) is 3.23. The number of carbonyl (C=O) groups is 1. The first-order valence-electron chi connectivity index (χ1n) is 5.10. The molecule has 0 aromatic carbocycles. The first-order valence-corrected chi connectivity index (χ1v) is 5.10. The first-order chi connectivity index (χ1) is 6.60. The summed E-state index contributed by atoms with van der Waals surface area (Å²) in [4.78, 5) is 13.2. The maximum Gasteiger partial charge on any atom is 0.406 e. The fourth-order valence-corrected chi connectivity index (χ4v) is 2.12. The van der Waals surface area contributed by atoms with Crippen molar-refractivity contribution in [1.82, 2.24) is 10.2 Å². The molecule has 0 atom stereocenters. The molecule has 0 radical (unpaired) electrons. The van der Waals surface area contributed by atoms with E-state index in [2.05, 4.69) is 29.0 Å². The van der Waals surface area contributed by atoms with Crippen molar-refractivity contribution in [2.24, 2.45) is 0 Å². The van der Waals surface area contributed by atoms with Gasteiger partial charge in [0.15, 0.2) is 0 Å². The predicted molar refractivity (Wildman–Crippen MR) is 55.3 cm³/mol. The van der Waals surface area contributed by atoms with Crippen LogP contribution in [0.5, 0.6) is 0 Å². The number of methoxy groups -OCH3 is 1. The molecule has 82 valence electrons. The molecule has 4 heteroatoms. The number of nitrogens with one attached hydrogen (secondary N) is 1. The van der Waals surface area contributed by atoms with Gasteiger partial charge in [-0.2, -0.15) is 0 Å². The Hall–Kier alpha value is -0.770. The molecule has 0 saturated heterocycles. The van der Waals surface area contributed by atoms with Gasteiger partial charge in [0.1, 0.15) is 0 Å². The second-order valence-electron chi connectivity index (χ2n) is 4.17. The number of hydrogen-bond donors (Lipinski definition) is 1. The highest BCUT2D eigenvalue weighted by Crippen LogP contribution is 2.32. The van der Waals surface area contributed by atoms with Crippen molar-refractivity contribution in [3.05, 3.63) is 0 Å². The van der Waals surface area contributed by atoms with E-state index in [0.717, 1.165) is 12.8 Å². The molecule has 4 nitrogen and oxygen atoms in total. The molecule has 0 unspecified atom stereocenters. The van der Waals surface area contributed by atoms with Crippen molar-refractivity contribution in [2.75, 3.05) is 27.7 Å². The van der Waals surface area contributed by atoms with Crippen molar-refractivity contribution in [2.45, 2.75) is 31.2 Å². The minimum Gasteiger partial charge on any atom is -0.453 e. The van der Waals surface area contributed by atoms with E-state index < -0.39 is 0 Å². The largest absolute Gasteiger partial charge is 0.453 e. The van der Waals surface area contributed by atoms with E-state index in [1.54, 1.807) is 0 Å². The molecule has 1 aliphatic rings. The zero-order chi connectivity index (χ0) is 10.6. The van der Waals surface area contributed by atoms with E-state index in [-0.39, 0.29) is 11.6 Å². The third-order valence-electron chi connectivity index (χ3n) is 3.23. The zero-order valence-corrected chi connectivity index (χ0v) is 9.30. The van der Waals surface area contributed by atoms with Gasteiger partial charge in [0.2, 0.25) is 0 Å². The summed E-state index contributed by atoms with van der Waals surface area (Å²) >= 11 is 0. The van der Waals surface area contributed by atoms with Crippen LogP contribution < -0.4 is 5.32 Å². The van der Waals surface area contributed by atoms with E-state index in [1.807, 2.05) is 0 Å². The average molecular weight is 200 g/mol. The molecular weight excluding hydrogens is 180 g/mol. The zero-order valence-electron chi connectivity index (χ0n) is 9.30.